The average molecular weight is 360 g/mol. The second kappa shape index (κ2) is 9.67. The molecule has 0 radical (unpaired) electrons. The monoisotopic (exact) mass is 360 g/mol. The fraction of sp³-hybridized carbons (Fsp3) is 0.174. The maximum absolute atomic E-state index is 12.2. The van der Waals surface area contributed by atoms with E-state index in [0.717, 1.165) is 16.7 Å². The largest absolute Gasteiger partial charge is 0.387 e. The molecule has 4 nitrogen and oxygen atoms in total. The number of nitrogens with one attached hydrogen (secondary N) is 2. The molecule has 0 bridgehead atoms. The lowest BCUT2D eigenvalue weighted by atomic mass is 10.0. The molecule has 27 heavy (non-hydrogen) atoms. The second-order valence-corrected chi connectivity index (χ2v) is 6.33. The van der Waals surface area contributed by atoms with Crippen LogP contribution in [0.1, 0.15) is 22.0 Å². The van der Waals surface area contributed by atoms with E-state index in [1.807, 2.05) is 84.9 Å². The van der Waals surface area contributed by atoms with Crippen molar-refractivity contribution in [2.24, 2.45) is 0 Å². The van der Waals surface area contributed by atoms with Crippen molar-refractivity contribution in [1.29, 1.82) is 0 Å². The van der Waals surface area contributed by atoms with Gasteiger partial charge in [-0.2, -0.15) is 0 Å². The topological polar surface area (TPSA) is 61.4 Å². The van der Waals surface area contributed by atoms with Gasteiger partial charge in [0.15, 0.2) is 0 Å². The molecule has 0 unspecified atom stereocenters. The summed E-state index contributed by atoms with van der Waals surface area (Å²) in [6.45, 7) is 1.55. The van der Waals surface area contributed by atoms with Crippen LogP contribution in [0, 0.1) is 0 Å². The van der Waals surface area contributed by atoms with E-state index in [1.165, 1.54) is 0 Å². The third-order valence-electron chi connectivity index (χ3n) is 4.36. The third-order valence-corrected chi connectivity index (χ3v) is 4.36. The molecule has 0 saturated heterocycles. The second-order valence-electron chi connectivity index (χ2n) is 6.33. The van der Waals surface area contributed by atoms with E-state index < -0.39 is 6.10 Å². The zero-order valence-electron chi connectivity index (χ0n) is 15.1. The normalized spacial score (nSPS) is 11.7. The number of rotatable bonds is 8. The highest BCUT2D eigenvalue weighted by Crippen LogP contribution is 2.19. The fourth-order valence-electron chi connectivity index (χ4n) is 2.84. The van der Waals surface area contributed by atoms with Crippen molar-refractivity contribution in [3.8, 4) is 11.1 Å². The van der Waals surface area contributed by atoms with Crippen LogP contribution in [-0.4, -0.2) is 30.6 Å². The molecule has 3 N–H and O–H groups in total. The summed E-state index contributed by atoms with van der Waals surface area (Å²) in [5, 5.41) is 16.1. The summed E-state index contributed by atoms with van der Waals surface area (Å²) in [5.41, 5.74) is 3.74. The van der Waals surface area contributed by atoms with Gasteiger partial charge in [-0.3, -0.25) is 4.79 Å². The lowest BCUT2D eigenvalue weighted by Crippen LogP contribution is -2.33. The van der Waals surface area contributed by atoms with Crippen molar-refractivity contribution in [2.75, 3.05) is 19.6 Å². The minimum atomic E-state index is -0.549. The van der Waals surface area contributed by atoms with Gasteiger partial charge in [0.05, 0.1) is 6.10 Å². The molecule has 0 aliphatic heterocycles. The van der Waals surface area contributed by atoms with Crippen molar-refractivity contribution in [2.45, 2.75) is 6.10 Å². The maximum Gasteiger partial charge on any atom is 0.251 e. The van der Waals surface area contributed by atoms with Gasteiger partial charge in [-0.1, -0.05) is 72.8 Å². The molecule has 1 amide bonds. The Kier molecular flexibility index (Phi) is 6.74. The SMILES string of the molecule is O=C(NCCNC[C@H](O)c1ccccc1)c1ccc(-c2ccccc2)cc1. The lowest BCUT2D eigenvalue weighted by Gasteiger charge is -2.12. The number of amides is 1. The zero-order valence-corrected chi connectivity index (χ0v) is 15.1. The van der Waals surface area contributed by atoms with E-state index in [-0.39, 0.29) is 5.91 Å². The van der Waals surface area contributed by atoms with Gasteiger partial charge < -0.3 is 15.7 Å². The Labute approximate surface area is 159 Å². The molecule has 4 heteroatoms. The van der Waals surface area contributed by atoms with Gasteiger partial charge in [-0.05, 0) is 28.8 Å². The highest BCUT2D eigenvalue weighted by molar-refractivity contribution is 5.94. The summed E-state index contributed by atoms with van der Waals surface area (Å²) in [7, 11) is 0. The van der Waals surface area contributed by atoms with E-state index in [4.69, 9.17) is 0 Å². The summed E-state index contributed by atoms with van der Waals surface area (Å²) in [5.74, 6) is -0.0972. The Balaban J connectivity index is 1.40. The van der Waals surface area contributed by atoms with Crippen molar-refractivity contribution >= 4 is 5.91 Å². The third kappa shape index (κ3) is 5.51. The molecule has 3 aromatic rings. The van der Waals surface area contributed by atoms with Crippen molar-refractivity contribution < 1.29 is 9.90 Å². The molecular formula is C23H24N2O2. The number of hydrogen-bond acceptors (Lipinski definition) is 3. The van der Waals surface area contributed by atoms with E-state index in [1.54, 1.807) is 0 Å². The fourth-order valence-corrected chi connectivity index (χ4v) is 2.84. The Hall–Kier alpha value is -2.95. The van der Waals surface area contributed by atoms with E-state index >= 15 is 0 Å². The number of benzene rings is 3. The predicted molar refractivity (Wildman–Crippen MR) is 108 cm³/mol. The average Bonchev–Trinajstić information content (AvgIpc) is 2.74. The van der Waals surface area contributed by atoms with Crippen molar-refractivity contribution in [3.05, 3.63) is 96.1 Å². The minimum Gasteiger partial charge on any atom is -0.387 e. The molecule has 138 valence electrons. The van der Waals surface area contributed by atoms with Gasteiger partial charge in [-0.15, -0.1) is 0 Å². The van der Waals surface area contributed by atoms with Crippen LogP contribution < -0.4 is 10.6 Å². The van der Waals surface area contributed by atoms with Gasteiger partial charge in [0, 0.05) is 25.2 Å². The number of carbonyl (C=O) groups is 1. The quantitative estimate of drug-likeness (QED) is 0.540. The number of hydrogen-bond donors (Lipinski definition) is 3. The smallest absolute Gasteiger partial charge is 0.251 e. The zero-order chi connectivity index (χ0) is 18.9. The van der Waals surface area contributed by atoms with Gasteiger partial charge >= 0.3 is 0 Å². The minimum absolute atomic E-state index is 0.0972. The molecule has 0 heterocycles. The molecule has 3 rings (SSSR count). The first-order valence-corrected chi connectivity index (χ1v) is 9.11. The van der Waals surface area contributed by atoms with Gasteiger partial charge in [0.1, 0.15) is 0 Å². The Morgan fingerprint density at radius 2 is 1.37 bits per heavy atom. The van der Waals surface area contributed by atoms with Crippen molar-refractivity contribution in [3.63, 3.8) is 0 Å². The Bertz CT molecular complexity index is 833. The lowest BCUT2D eigenvalue weighted by molar-refractivity contribution is 0.0953. The summed E-state index contributed by atoms with van der Waals surface area (Å²) in [4.78, 5) is 12.2. The van der Waals surface area contributed by atoms with Crippen LogP contribution in [0.5, 0.6) is 0 Å². The number of carbonyl (C=O) groups excluding carboxylic acids is 1. The molecule has 0 aromatic heterocycles. The van der Waals surface area contributed by atoms with Crippen LogP contribution in [0.3, 0.4) is 0 Å². The van der Waals surface area contributed by atoms with E-state index in [2.05, 4.69) is 10.6 Å². The molecule has 0 spiro atoms. The van der Waals surface area contributed by atoms with Crippen LogP contribution in [0.15, 0.2) is 84.9 Å². The highest BCUT2D eigenvalue weighted by atomic mass is 16.3. The van der Waals surface area contributed by atoms with Crippen LogP contribution in [-0.2, 0) is 0 Å². The van der Waals surface area contributed by atoms with Crippen LogP contribution >= 0.6 is 0 Å². The number of aliphatic hydroxyl groups excluding tert-OH is 1. The van der Waals surface area contributed by atoms with Gasteiger partial charge in [0.2, 0.25) is 0 Å². The highest BCUT2D eigenvalue weighted by Gasteiger charge is 2.07. The van der Waals surface area contributed by atoms with Crippen LogP contribution in [0.25, 0.3) is 11.1 Å². The van der Waals surface area contributed by atoms with Gasteiger partial charge in [0.25, 0.3) is 5.91 Å². The predicted octanol–water partition coefficient (Wildman–Crippen LogP) is 3.41. The Morgan fingerprint density at radius 3 is 2.04 bits per heavy atom. The summed E-state index contributed by atoms with van der Waals surface area (Å²) >= 11 is 0. The molecule has 1 atom stereocenters. The summed E-state index contributed by atoms with van der Waals surface area (Å²) in [6.07, 6.45) is -0.549. The van der Waals surface area contributed by atoms with E-state index in [9.17, 15) is 9.90 Å². The first-order chi connectivity index (χ1) is 13.2. The number of aliphatic hydroxyl groups is 1. The molecule has 0 saturated carbocycles. The van der Waals surface area contributed by atoms with Crippen LogP contribution in [0.2, 0.25) is 0 Å². The van der Waals surface area contributed by atoms with Gasteiger partial charge in [-0.25, -0.2) is 0 Å². The molecular weight excluding hydrogens is 336 g/mol. The summed E-state index contributed by atoms with van der Waals surface area (Å²) in [6, 6.07) is 27.2. The molecule has 0 fully saturated rings. The molecule has 0 aliphatic carbocycles. The first kappa shape index (κ1) is 18.8. The summed E-state index contributed by atoms with van der Waals surface area (Å²) < 4.78 is 0. The van der Waals surface area contributed by atoms with Crippen molar-refractivity contribution in [1.82, 2.24) is 10.6 Å². The molecule has 3 aromatic carbocycles. The Morgan fingerprint density at radius 1 is 0.778 bits per heavy atom. The van der Waals surface area contributed by atoms with Crippen LogP contribution in [0.4, 0.5) is 0 Å². The van der Waals surface area contributed by atoms with E-state index in [0.29, 0.717) is 25.2 Å². The standard InChI is InChI=1S/C23H24N2O2/c26-22(20-9-5-2-6-10-20)17-24-15-16-25-23(27)21-13-11-19(12-14-21)18-7-3-1-4-8-18/h1-14,22,24,26H,15-17H2,(H,25,27)/t22-/m0/s1. The maximum atomic E-state index is 12.2. The first-order valence-electron chi connectivity index (χ1n) is 9.11. The molecule has 0 aliphatic rings.